The number of benzene rings is 1. The Bertz CT molecular complexity index is 436. The van der Waals surface area contributed by atoms with Gasteiger partial charge in [-0.05, 0) is 43.5 Å². The van der Waals surface area contributed by atoms with Crippen molar-refractivity contribution in [1.29, 1.82) is 0 Å². The van der Waals surface area contributed by atoms with E-state index in [1.165, 1.54) is 0 Å². The number of aromatic hydroxyl groups is 1. The third-order valence-corrected chi connectivity index (χ3v) is 2.74. The third-order valence-electron chi connectivity index (χ3n) is 2.74. The van der Waals surface area contributed by atoms with Gasteiger partial charge in [0.1, 0.15) is 0 Å². The molecule has 0 aromatic heterocycles. The standard InChI is InChI=1S/C16H22O3/c1-3-5-6-7-14(17)10-8-13-9-11-15(18)16(12-13)19-4-2/h6-7,9,11-12,18H,3-5,8,10H2,1-2H3. The molecule has 0 aliphatic carbocycles. The first kappa shape index (κ1) is 15.3. The number of hydrogen-bond donors (Lipinski definition) is 1. The number of ketones is 1. The first-order valence-electron chi connectivity index (χ1n) is 6.81. The average Bonchev–Trinajstić information content (AvgIpc) is 2.40. The highest BCUT2D eigenvalue weighted by Crippen LogP contribution is 2.27. The van der Waals surface area contributed by atoms with E-state index < -0.39 is 0 Å². The van der Waals surface area contributed by atoms with Crippen molar-refractivity contribution in [2.45, 2.75) is 39.5 Å². The minimum atomic E-state index is 0.138. The summed E-state index contributed by atoms with van der Waals surface area (Å²) in [7, 11) is 0. The van der Waals surface area contributed by atoms with Gasteiger partial charge in [0.2, 0.25) is 0 Å². The SMILES string of the molecule is CCCC=CC(=O)CCc1ccc(O)c(OCC)c1. The van der Waals surface area contributed by atoms with Gasteiger partial charge in [-0.3, -0.25) is 4.79 Å². The lowest BCUT2D eigenvalue weighted by Gasteiger charge is -2.07. The van der Waals surface area contributed by atoms with Gasteiger partial charge in [0.05, 0.1) is 6.61 Å². The number of phenols is 1. The summed E-state index contributed by atoms with van der Waals surface area (Å²) in [6.45, 7) is 4.46. The second-order valence-corrected chi connectivity index (χ2v) is 4.39. The second kappa shape index (κ2) is 8.35. The fourth-order valence-corrected chi connectivity index (χ4v) is 1.72. The molecular weight excluding hydrogens is 240 g/mol. The van der Waals surface area contributed by atoms with E-state index in [0.717, 1.165) is 18.4 Å². The molecule has 0 amide bonds. The first-order valence-corrected chi connectivity index (χ1v) is 6.81. The molecule has 0 fully saturated rings. The van der Waals surface area contributed by atoms with Crippen LogP contribution >= 0.6 is 0 Å². The molecule has 3 heteroatoms. The van der Waals surface area contributed by atoms with Crippen molar-refractivity contribution in [1.82, 2.24) is 0 Å². The van der Waals surface area contributed by atoms with Crippen LogP contribution in [0, 0.1) is 0 Å². The van der Waals surface area contributed by atoms with Crippen LogP contribution in [-0.4, -0.2) is 17.5 Å². The molecular formula is C16H22O3. The molecule has 1 N–H and O–H groups in total. The molecule has 0 spiro atoms. The van der Waals surface area contributed by atoms with Crippen LogP contribution in [0.1, 0.15) is 38.7 Å². The van der Waals surface area contributed by atoms with Gasteiger partial charge in [0.15, 0.2) is 17.3 Å². The lowest BCUT2D eigenvalue weighted by atomic mass is 10.1. The van der Waals surface area contributed by atoms with Crippen LogP contribution in [0.5, 0.6) is 11.5 Å². The monoisotopic (exact) mass is 262 g/mol. The summed E-state index contributed by atoms with van der Waals surface area (Å²) in [6.07, 6.45) is 6.73. The summed E-state index contributed by atoms with van der Waals surface area (Å²) in [4.78, 5) is 11.6. The number of ether oxygens (including phenoxy) is 1. The van der Waals surface area contributed by atoms with E-state index in [1.54, 1.807) is 18.2 Å². The molecule has 0 radical (unpaired) electrons. The van der Waals surface area contributed by atoms with Gasteiger partial charge >= 0.3 is 0 Å². The lowest BCUT2D eigenvalue weighted by Crippen LogP contribution is -1.97. The largest absolute Gasteiger partial charge is 0.504 e. The Morgan fingerprint density at radius 3 is 2.84 bits per heavy atom. The van der Waals surface area contributed by atoms with E-state index in [1.807, 2.05) is 19.1 Å². The summed E-state index contributed by atoms with van der Waals surface area (Å²) in [5.41, 5.74) is 0.999. The minimum absolute atomic E-state index is 0.138. The molecule has 0 aliphatic heterocycles. The van der Waals surface area contributed by atoms with Crippen molar-refractivity contribution >= 4 is 5.78 Å². The predicted octanol–water partition coefficient (Wildman–Crippen LogP) is 3.65. The maximum Gasteiger partial charge on any atom is 0.161 e. The number of aryl methyl sites for hydroxylation is 1. The number of rotatable bonds is 8. The Hall–Kier alpha value is -1.77. The van der Waals surface area contributed by atoms with Crippen LogP contribution in [-0.2, 0) is 11.2 Å². The van der Waals surface area contributed by atoms with Crippen molar-refractivity contribution in [2.75, 3.05) is 6.61 Å². The Kier molecular flexibility index (Phi) is 6.72. The fraction of sp³-hybridized carbons (Fsp3) is 0.438. The Balaban J connectivity index is 2.53. The van der Waals surface area contributed by atoms with Crippen LogP contribution in [0.15, 0.2) is 30.4 Å². The number of phenolic OH excluding ortho intramolecular Hbond substituents is 1. The lowest BCUT2D eigenvalue weighted by molar-refractivity contribution is -0.114. The fourth-order valence-electron chi connectivity index (χ4n) is 1.72. The summed E-state index contributed by atoms with van der Waals surface area (Å²) in [6, 6.07) is 5.22. The van der Waals surface area contributed by atoms with Crippen LogP contribution < -0.4 is 4.74 Å². The van der Waals surface area contributed by atoms with Crippen LogP contribution in [0.25, 0.3) is 0 Å². The van der Waals surface area contributed by atoms with Crippen molar-refractivity contribution in [2.24, 2.45) is 0 Å². The molecule has 0 aliphatic rings. The van der Waals surface area contributed by atoms with E-state index >= 15 is 0 Å². The Morgan fingerprint density at radius 2 is 2.16 bits per heavy atom. The molecule has 19 heavy (non-hydrogen) atoms. The van der Waals surface area contributed by atoms with Crippen molar-refractivity contribution in [3.8, 4) is 11.5 Å². The van der Waals surface area contributed by atoms with Gasteiger partial charge in [0.25, 0.3) is 0 Å². The molecule has 0 atom stereocenters. The van der Waals surface area contributed by atoms with Gasteiger partial charge in [-0.15, -0.1) is 0 Å². The number of unbranched alkanes of at least 4 members (excludes halogenated alkanes) is 1. The molecule has 104 valence electrons. The number of carbonyl (C=O) groups is 1. The highest BCUT2D eigenvalue weighted by Gasteiger charge is 2.05. The van der Waals surface area contributed by atoms with E-state index in [9.17, 15) is 9.90 Å². The predicted molar refractivity (Wildman–Crippen MR) is 76.7 cm³/mol. The highest BCUT2D eigenvalue weighted by atomic mass is 16.5. The minimum Gasteiger partial charge on any atom is -0.504 e. The molecule has 0 saturated heterocycles. The Labute approximate surface area is 114 Å². The van der Waals surface area contributed by atoms with Gasteiger partial charge in [-0.25, -0.2) is 0 Å². The number of allylic oxidation sites excluding steroid dienone is 2. The van der Waals surface area contributed by atoms with Crippen molar-refractivity contribution in [3.63, 3.8) is 0 Å². The zero-order valence-electron chi connectivity index (χ0n) is 11.7. The molecule has 0 saturated carbocycles. The van der Waals surface area contributed by atoms with Gasteiger partial charge in [-0.1, -0.05) is 25.5 Å². The molecule has 1 rings (SSSR count). The molecule has 0 unspecified atom stereocenters. The second-order valence-electron chi connectivity index (χ2n) is 4.39. The maximum absolute atomic E-state index is 11.6. The molecule has 0 heterocycles. The van der Waals surface area contributed by atoms with Crippen LogP contribution in [0.4, 0.5) is 0 Å². The zero-order valence-corrected chi connectivity index (χ0v) is 11.7. The van der Waals surface area contributed by atoms with E-state index in [-0.39, 0.29) is 11.5 Å². The summed E-state index contributed by atoms with van der Waals surface area (Å²) in [5.74, 6) is 0.758. The summed E-state index contributed by atoms with van der Waals surface area (Å²) < 4.78 is 5.31. The highest BCUT2D eigenvalue weighted by molar-refractivity contribution is 5.89. The van der Waals surface area contributed by atoms with Crippen LogP contribution in [0.2, 0.25) is 0 Å². The molecule has 3 nitrogen and oxygen atoms in total. The number of carbonyl (C=O) groups excluding carboxylic acids is 1. The zero-order chi connectivity index (χ0) is 14.1. The Morgan fingerprint density at radius 1 is 1.37 bits per heavy atom. The third kappa shape index (κ3) is 5.60. The van der Waals surface area contributed by atoms with Gasteiger partial charge < -0.3 is 9.84 Å². The van der Waals surface area contributed by atoms with Crippen molar-refractivity contribution in [3.05, 3.63) is 35.9 Å². The summed E-state index contributed by atoms with van der Waals surface area (Å²) in [5, 5.41) is 9.58. The average molecular weight is 262 g/mol. The summed E-state index contributed by atoms with van der Waals surface area (Å²) >= 11 is 0. The van der Waals surface area contributed by atoms with E-state index in [4.69, 9.17) is 4.74 Å². The normalized spacial score (nSPS) is 10.8. The molecule has 0 bridgehead atoms. The van der Waals surface area contributed by atoms with E-state index in [0.29, 0.717) is 25.2 Å². The van der Waals surface area contributed by atoms with Crippen molar-refractivity contribution < 1.29 is 14.6 Å². The smallest absolute Gasteiger partial charge is 0.161 e. The number of hydrogen-bond acceptors (Lipinski definition) is 3. The van der Waals surface area contributed by atoms with Crippen LogP contribution in [0.3, 0.4) is 0 Å². The quantitative estimate of drug-likeness (QED) is 0.727. The van der Waals surface area contributed by atoms with E-state index in [2.05, 4.69) is 6.92 Å². The first-order chi connectivity index (χ1) is 9.17. The topological polar surface area (TPSA) is 46.5 Å². The van der Waals surface area contributed by atoms with Gasteiger partial charge in [-0.2, -0.15) is 0 Å². The molecule has 1 aromatic rings. The molecule has 1 aromatic carbocycles. The maximum atomic E-state index is 11.6. The van der Waals surface area contributed by atoms with Gasteiger partial charge in [0, 0.05) is 6.42 Å².